The Hall–Kier alpha value is -1.29. The molecular formula is C13H20N2OS. The van der Waals surface area contributed by atoms with E-state index in [2.05, 4.69) is 24.4 Å². The third kappa shape index (κ3) is 4.61. The van der Waals surface area contributed by atoms with Crippen LogP contribution < -0.4 is 10.1 Å². The predicted octanol–water partition coefficient (Wildman–Crippen LogP) is 2.41. The molecule has 0 fully saturated rings. The molecule has 1 aromatic rings. The minimum Gasteiger partial charge on any atom is -0.497 e. The molecule has 0 aromatic heterocycles. The van der Waals surface area contributed by atoms with Crippen molar-refractivity contribution in [1.29, 1.82) is 0 Å². The lowest BCUT2D eigenvalue weighted by Crippen LogP contribution is -2.36. The summed E-state index contributed by atoms with van der Waals surface area (Å²) in [4.78, 5) is 2.03. The number of nitrogens with one attached hydrogen (secondary N) is 1. The zero-order valence-electron chi connectivity index (χ0n) is 10.7. The second-order valence-electron chi connectivity index (χ2n) is 3.94. The van der Waals surface area contributed by atoms with Gasteiger partial charge in [-0.2, -0.15) is 0 Å². The standard InChI is InChI=1S/C13H20N2OS/c1-4-9-14-13(17)15(2)10-11-5-7-12(16-3)8-6-11/h5-8H,4,9-10H2,1-3H3,(H,14,17). The molecule has 0 spiro atoms. The summed E-state index contributed by atoms with van der Waals surface area (Å²) in [7, 11) is 3.67. The number of rotatable bonds is 5. The lowest BCUT2D eigenvalue weighted by atomic mass is 10.2. The van der Waals surface area contributed by atoms with Crippen LogP contribution in [0.2, 0.25) is 0 Å². The van der Waals surface area contributed by atoms with E-state index in [9.17, 15) is 0 Å². The summed E-state index contributed by atoms with van der Waals surface area (Å²) < 4.78 is 5.12. The van der Waals surface area contributed by atoms with E-state index in [4.69, 9.17) is 17.0 Å². The Morgan fingerprint density at radius 3 is 2.53 bits per heavy atom. The van der Waals surface area contributed by atoms with E-state index >= 15 is 0 Å². The second kappa shape index (κ2) is 7.12. The summed E-state index contributed by atoms with van der Waals surface area (Å²) in [5.41, 5.74) is 1.22. The van der Waals surface area contributed by atoms with Crippen LogP contribution >= 0.6 is 12.2 Å². The molecule has 1 rings (SSSR count). The monoisotopic (exact) mass is 252 g/mol. The summed E-state index contributed by atoms with van der Waals surface area (Å²) in [6, 6.07) is 8.03. The van der Waals surface area contributed by atoms with E-state index < -0.39 is 0 Å². The molecule has 0 saturated carbocycles. The van der Waals surface area contributed by atoms with Crippen LogP contribution in [0.4, 0.5) is 0 Å². The van der Waals surface area contributed by atoms with Crippen LogP contribution in [0.1, 0.15) is 18.9 Å². The molecule has 0 aliphatic heterocycles. The number of nitrogens with zero attached hydrogens (tertiary/aromatic N) is 1. The van der Waals surface area contributed by atoms with Gasteiger partial charge in [-0.25, -0.2) is 0 Å². The number of hydrogen-bond acceptors (Lipinski definition) is 2. The quantitative estimate of drug-likeness (QED) is 0.813. The normalized spacial score (nSPS) is 9.82. The van der Waals surface area contributed by atoms with Crippen LogP contribution in [-0.4, -0.2) is 30.7 Å². The van der Waals surface area contributed by atoms with Crippen LogP contribution in [0.25, 0.3) is 0 Å². The first kappa shape index (κ1) is 13.8. The molecule has 0 aliphatic rings. The lowest BCUT2D eigenvalue weighted by molar-refractivity contribution is 0.414. The molecule has 4 heteroatoms. The number of thiocarbonyl (C=S) groups is 1. The van der Waals surface area contributed by atoms with Gasteiger partial charge in [0.2, 0.25) is 0 Å². The minimum atomic E-state index is 0.794. The van der Waals surface area contributed by atoms with Crippen LogP contribution in [0.3, 0.4) is 0 Å². The van der Waals surface area contributed by atoms with Crippen molar-refractivity contribution < 1.29 is 4.74 Å². The van der Waals surface area contributed by atoms with Gasteiger partial charge in [-0.3, -0.25) is 0 Å². The van der Waals surface area contributed by atoms with E-state index in [1.807, 2.05) is 24.1 Å². The zero-order chi connectivity index (χ0) is 12.7. The third-order valence-corrected chi connectivity index (χ3v) is 2.91. The molecule has 1 aromatic carbocycles. The van der Waals surface area contributed by atoms with Gasteiger partial charge in [0.1, 0.15) is 5.75 Å². The molecule has 1 N–H and O–H groups in total. The van der Waals surface area contributed by atoms with Crippen molar-refractivity contribution in [3.05, 3.63) is 29.8 Å². The Kier molecular flexibility index (Phi) is 5.77. The molecular weight excluding hydrogens is 232 g/mol. The number of hydrogen-bond donors (Lipinski definition) is 1. The molecule has 0 unspecified atom stereocenters. The van der Waals surface area contributed by atoms with Crippen molar-refractivity contribution in [2.24, 2.45) is 0 Å². The van der Waals surface area contributed by atoms with Crippen molar-refractivity contribution >= 4 is 17.3 Å². The van der Waals surface area contributed by atoms with Gasteiger partial charge in [0.05, 0.1) is 7.11 Å². The van der Waals surface area contributed by atoms with Gasteiger partial charge in [-0.15, -0.1) is 0 Å². The molecule has 0 heterocycles. The van der Waals surface area contributed by atoms with Gasteiger partial charge in [-0.1, -0.05) is 19.1 Å². The van der Waals surface area contributed by atoms with Gasteiger partial charge in [0.25, 0.3) is 0 Å². The molecule has 0 aliphatic carbocycles. The van der Waals surface area contributed by atoms with Crippen molar-refractivity contribution in [2.45, 2.75) is 19.9 Å². The van der Waals surface area contributed by atoms with Gasteiger partial charge in [-0.05, 0) is 36.3 Å². The molecule has 0 amide bonds. The molecule has 0 bridgehead atoms. The van der Waals surface area contributed by atoms with Crippen molar-refractivity contribution in [2.75, 3.05) is 20.7 Å². The molecule has 0 radical (unpaired) electrons. The van der Waals surface area contributed by atoms with E-state index in [0.717, 1.165) is 30.4 Å². The van der Waals surface area contributed by atoms with Crippen molar-refractivity contribution in [3.8, 4) is 5.75 Å². The van der Waals surface area contributed by atoms with Gasteiger partial charge in [0.15, 0.2) is 5.11 Å². The number of ether oxygens (including phenoxy) is 1. The summed E-state index contributed by atoms with van der Waals surface area (Å²) in [5.74, 6) is 0.878. The fourth-order valence-electron chi connectivity index (χ4n) is 1.44. The zero-order valence-corrected chi connectivity index (χ0v) is 11.5. The second-order valence-corrected chi connectivity index (χ2v) is 4.32. The van der Waals surface area contributed by atoms with E-state index in [0.29, 0.717) is 0 Å². The van der Waals surface area contributed by atoms with E-state index in [-0.39, 0.29) is 0 Å². The van der Waals surface area contributed by atoms with Gasteiger partial charge < -0.3 is 15.0 Å². The first-order valence-electron chi connectivity index (χ1n) is 5.79. The molecule has 94 valence electrons. The van der Waals surface area contributed by atoms with E-state index in [1.165, 1.54) is 5.56 Å². The van der Waals surface area contributed by atoms with Crippen LogP contribution in [-0.2, 0) is 6.54 Å². The van der Waals surface area contributed by atoms with Crippen molar-refractivity contribution in [3.63, 3.8) is 0 Å². The maximum absolute atomic E-state index is 5.28. The topological polar surface area (TPSA) is 24.5 Å². The fraction of sp³-hybridized carbons (Fsp3) is 0.462. The molecule has 17 heavy (non-hydrogen) atoms. The highest BCUT2D eigenvalue weighted by atomic mass is 32.1. The SMILES string of the molecule is CCCNC(=S)N(C)Cc1ccc(OC)cc1. The highest BCUT2D eigenvalue weighted by Gasteiger charge is 2.04. The average molecular weight is 252 g/mol. The summed E-state index contributed by atoms with van der Waals surface area (Å²) in [6.07, 6.45) is 1.08. The maximum Gasteiger partial charge on any atom is 0.168 e. The Morgan fingerprint density at radius 1 is 1.35 bits per heavy atom. The molecule has 0 atom stereocenters. The van der Waals surface area contributed by atoms with Crippen LogP contribution in [0, 0.1) is 0 Å². The first-order valence-corrected chi connectivity index (χ1v) is 6.20. The largest absolute Gasteiger partial charge is 0.497 e. The summed E-state index contributed by atoms with van der Waals surface area (Å²) >= 11 is 5.28. The Morgan fingerprint density at radius 2 is 2.00 bits per heavy atom. The maximum atomic E-state index is 5.28. The van der Waals surface area contributed by atoms with Gasteiger partial charge >= 0.3 is 0 Å². The highest BCUT2D eigenvalue weighted by Crippen LogP contribution is 2.12. The van der Waals surface area contributed by atoms with Crippen LogP contribution in [0.5, 0.6) is 5.75 Å². The van der Waals surface area contributed by atoms with E-state index in [1.54, 1.807) is 7.11 Å². The van der Waals surface area contributed by atoms with Crippen molar-refractivity contribution in [1.82, 2.24) is 10.2 Å². The summed E-state index contributed by atoms with van der Waals surface area (Å²) in [5, 5.41) is 4.00. The van der Waals surface area contributed by atoms with Crippen LogP contribution in [0.15, 0.2) is 24.3 Å². The number of benzene rings is 1. The highest BCUT2D eigenvalue weighted by molar-refractivity contribution is 7.80. The average Bonchev–Trinajstić information content (AvgIpc) is 2.36. The molecule has 3 nitrogen and oxygen atoms in total. The Labute approximate surface area is 109 Å². The summed E-state index contributed by atoms with van der Waals surface area (Å²) in [6.45, 7) is 3.85. The third-order valence-electron chi connectivity index (χ3n) is 2.45. The smallest absolute Gasteiger partial charge is 0.168 e. The molecule has 0 saturated heterocycles. The first-order chi connectivity index (χ1) is 8.17. The van der Waals surface area contributed by atoms with Gasteiger partial charge in [0, 0.05) is 20.1 Å². The Balaban J connectivity index is 2.49. The number of methoxy groups -OCH3 is 1. The predicted molar refractivity (Wildman–Crippen MR) is 75.4 cm³/mol. The lowest BCUT2D eigenvalue weighted by Gasteiger charge is -2.21. The minimum absolute atomic E-state index is 0.794. The Bertz CT molecular complexity index is 351. The fourth-order valence-corrected chi connectivity index (χ4v) is 1.61.